The van der Waals surface area contributed by atoms with Crippen LogP contribution in [-0.4, -0.2) is 48.3 Å². The molecule has 0 radical (unpaired) electrons. The van der Waals surface area contributed by atoms with Crippen molar-refractivity contribution in [2.45, 2.75) is 43.7 Å². The number of nitrogens with zero attached hydrogens (tertiary/aromatic N) is 1. The van der Waals surface area contributed by atoms with E-state index in [2.05, 4.69) is 51.8 Å². The minimum absolute atomic E-state index is 0.0899. The first kappa shape index (κ1) is 17.2. The minimum Gasteiger partial charge on any atom is -0.469 e. The van der Waals surface area contributed by atoms with Gasteiger partial charge in [-0.25, -0.2) is 0 Å². The maximum absolute atomic E-state index is 12.5. The molecule has 2 saturated heterocycles. The largest absolute Gasteiger partial charge is 0.469 e. The summed E-state index contributed by atoms with van der Waals surface area (Å²) in [7, 11) is 1.49. The molecule has 0 spiro atoms. The van der Waals surface area contributed by atoms with Crippen molar-refractivity contribution in [2.75, 3.05) is 20.3 Å². The third kappa shape index (κ3) is 3.42. The fourth-order valence-corrected chi connectivity index (χ4v) is 4.78. The second kappa shape index (κ2) is 7.49. The Morgan fingerprint density at radius 1 is 1.35 bits per heavy atom. The van der Waals surface area contributed by atoms with E-state index in [1.54, 1.807) is 0 Å². The van der Waals surface area contributed by atoms with Gasteiger partial charge in [-0.15, -0.1) is 0 Å². The lowest BCUT2D eigenvalue weighted by Crippen LogP contribution is -2.51. The van der Waals surface area contributed by atoms with Crippen LogP contribution in [0.15, 0.2) is 24.3 Å². The zero-order valence-corrected chi connectivity index (χ0v) is 15.6. The Labute approximate surface area is 151 Å². The third-order valence-electron chi connectivity index (χ3n) is 5.41. The van der Waals surface area contributed by atoms with Crippen molar-refractivity contribution in [3.05, 3.63) is 33.4 Å². The summed E-state index contributed by atoms with van der Waals surface area (Å²) in [6.07, 6.45) is 3.97. The van der Waals surface area contributed by atoms with Crippen LogP contribution in [0.2, 0.25) is 0 Å². The first-order valence-electron chi connectivity index (χ1n) is 8.35. The topological polar surface area (TPSA) is 49.8 Å². The molecular formula is C18H24INO3. The third-order valence-corrected chi connectivity index (χ3v) is 6.13. The molecule has 0 aliphatic carbocycles. The summed E-state index contributed by atoms with van der Waals surface area (Å²) in [4.78, 5) is 15.0. The highest BCUT2D eigenvalue weighted by atomic mass is 127. The van der Waals surface area contributed by atoms with Crippen LogP contribution in [0, 0.1) is 9.49 Å². The molecule has 1 aromatic carbocycles. The normalized spacial score (nSPS) is 30.4. The Morgan fingerprint density at radius 2 is 2.09 bits per heavy atom. The number of methoxy groups -OCH3 is 1. The fourth-order valence-electron chi connectivity index (χ4n) is 4.43. The summed E-state index contributed by atoms with van der Waals surface area (Å²) in [5.41, 5.74) is 1.25. The molecule has 2 heterocycles. The van der Waals surface area contributed by atoms with Crippen LogP contribution >= 0.6 is 22.6 Å². The van der Waals surface area contributed by atoms with Gasteiger partial charge in [0.05, 0.1) is 13.0 Å². The highest BCUT2D eigenvalue weighted by molar-refractivity contribution is 14.1. The van der Waals surface area contributed by atoms with Crippen molar-refractivity contribution in [3.8, 4) is 0 Å². The van der Waals surface area contributed by atoms with Crippen LogP contribution < -0.4 is 0 Å². The first-order chi connectivity index (χ1) is 11.2. The molecule has 0 amide bonds. The number of ether oxygens (including phenoxy) is 1. The van der Waals surface area contributed by atoms with Crippen LogP contribution in [0.25, 0.3) is 0 Å². The van der Waals surface area contributed by atoms with Gasteiger partial charge in [-0.3, -0.25) is 9.69 Å². The summed E-state index contributed by atoms with van der Waals surface area (Å²) in [5.74, 6) is 0.0488. The lowest BCUT2D eigenvalue weighted by Gasteiger charge is -2.43. The smallest absolute Gasteiger partial charge is 0.310 e. The van der Waals surface area contributed by atoms with Gasteiger partial charge in [0.1, 0.15) is 0 Å². The molecule has 126 valence electrons. The summed E-state index contributed by atoms with van der Waals surface area (Å²) < 4.78 is 6.36. The van der Waals surface area contributed by atoms with E-state index in [0.29, 0.717) is 6.04 Å². The van der Waals surface area contributed by atoms with E-state index in [-0.39, 0.29) is 30.5 Å². The second-order valence-corrected chi connectivity index (χ2v) is 7.80. The average molecular weight is 429 g/mol. The molecule has 3 rings (SSSR count). The van der Waals surface area contributed by atoms with E-state index in [0.717, 1.165) is 32.2 Å². The highest BCUT2D eigenvalue weighted by Gasteiger charge is 2.50. The predicted octanol–water partition coefficient (Wildman–Crippen LogP) is 2.78. The Morgan fingerprint density at radius 3 is 2.74 bits per heavy atom. The van der Waals surface area contributed by atoms with Crippen molar-refractivity contribution in [2.24, 2.45) is 5.92 Å². The lowest BCUT2D eigenvalue weighted by molar-refractivity contribution is -0.150. The van der Waals surface area contributed by atoms with E-state index in [1.807, 2.05) is 0 Å². The molecule has 4 nitrogen and oxygen atoms in total. The van der Waals surface area contributed by atoms with Crippen LogP contribution in [0.5, 0.6) is 0 Å². The van der Waals surface area contributed by atoms with Crippen LogP contribution in [0.3, 0.4) is 0 Å². The van der Waals surface area contributed by atoms with Gasteiger partial charge >= 0.3 is 5.97 Å². The predicted molar refractivity (Wildman–Crippen MR) is 97.2 cm³/mol. The number of carbonyl (C=O) groups is 1. The molecule has 0 saturated carbocycles. The number of carbonyl (C=O) groups excluding carboxylic acids is 1. The number of piperidine rings is 1. The fraction of sp³-hybridized carbons (Fsp3) is 0.611. The van der Waals surface area contributed by atoms with Crippen LogP contribution in [0.1, 0.15) is 37.2 Å². The standard InChI is InChI=1S/C18H24INO3/c1-23-18(22)17-15(12-3-5-13(19)6-4-12)11-14-7-8-16(17)20(14)9-2-10-21/h3-6,14-17,21H,2,7-11H2,1H3/t14-,15+,16-,17-/m0/s1. The summed E-state index contributed by atoms with van der Waals surface area (Å²) in [5, 5.41) is 9.15. The summed E-state index contributed by atoms with van der Waals surface area (Å²) >= 11 is 2.31. The van der Waals surface area contributed by atoms with Crippen molar-refractivity contribution >= 4 is 28.6 Å². The van der Waals surface area contributed by atoms with Gasteiger partial charge < -0.3 is 9.84 Å². The van der Waals surface area contributed by atoms with Crippen molar-refractivity contribution in [3.63, 3.8) is 0 Å². The minimum atomic E-state index is -0.0995. The average Bonchev–Trinajstić information content (AvgIpc) is 2.84. The summed E-state index contributed by atoms with van der Waals surface area (Å²) in [6, 6.07) is 9.32. The number of aliphatic hydroxyl groups is 1. The molecule has 1 aromatic rings. The molecule has 0 unspecified atom stereocenters. The Hall–Kier alpha value is -0.660. The molecule has 2 bridgehead atoms. The zero-order valence-electron chi connectivity index (χ0n) is 13.5. The van der Waals surface area contributed by atoms with Crippen LogP contribution in [-0.2, 0) is 9.53 Å². The monoisotopic (exact) mass is 429 g/mol. The number of hydrogen-bond acceptors (Lipinski definition) is 4. The molecule has 4 atom stereocenters. The van der Waals surface area contributed by atoms with E-state index in [4.69, 9.17) is 9.84 Å². The molecular weight excluding hydrogens is 405 g/mol. The van der Waals surface area contributed by atoms with E-state index in [9.17, 15) is 4.79 Å². The van der Waals surface area contributed by atoms with E-state index >= 15 is 0 Å². The number of hydrogen-bond donors (Lipinski definition) is 1. The number of benzene rings is 1. The van der Waals surface area contributed by atoms with Gasteiger partial charge in [0, 0.05) is 34.7 Å². The zero-order chi connectivity index (χ0) is 16.4. The number of rotatable bonds is 5. The maximum atomic E-state index is 12.5. The Bertz CT molecular complexity index is 548. The Balaban J connectivity index is 1.88. The Kier molecular flexibility index (Phi) is 5.59. The van der Waals surface area contributed by atoms with Crippen molar-refractivity contribution in [1.29, 1.82) is 0 Å². The van der Waals surface area contributed by atoms with Gasteiger partial charge in [-0.1, -0.05) is 12.1 Å². The second-order valence-electron chi connectivity index (χ2n) is 6.56. The molecule has 2 fully saturated rings. The van der Waals surface area contributed by atoms with Gasteiger partial charge in [0.15, 0.2) is 0 Å². The van der Waals surface area contributed by atoms with Crippen LogP contribution in [0.4, 0.5) is 0 Å². The molecule has 0 aromatic heterocycles. The van der Waals surface area contributed by atoms with Crippen molar-refractivity contribution in [1.82, 2.24) is 4.90 Å². The number of aliphatic hydroxyl groups excluding tert-OH is 1. The number of fused-ring (bicyclic) bond motifs is 2. The molecule has 2 aliphatic rings. The highest BCUT2D eigenvalue weighted by Crippen LogP contribution is 2.47. The first-order valence-corrected chi connectivity index (χ1v) is 9.43. The maximum Gasteiger partial charge on any atom is 0.310 e. The van der Waals surface area contributed by atoms with Gasteiger partial charge in [0.25, 0.3) is 0 Å². The van der Waals surface area contributed by atoms with Gasteiger partial charge in [-0.2, -0.15) is 0 Å². The van der Waals surface area contributed by atoms with E-state index in [1.165, 1.54) is 16.2 Å². The number of esters is 1. The van der Waals surface area contributed by atoms with Gasteiger partial charge in [-0.05, 0) is 66.0 Å². The quantitative estimate of drug-likeness (QED) is 0.578. The summed E-state index contributed by atoms with van der Waals surface area (Å²) in [6.45, 7) is 1.08. The molecule has 23 heavy (non-hydrogen) atoms. The molecule has 5 heteroatoms. The van der Waals surface area contributed by atoms with Crippen molar-refractivity contribution < 1.29 is 14.6 Å². The van der Waals surface area contributed by atoms with E-state index < -0.39 is 0 Å². The molecule has 1 N–H and O–H groups in total. The SMILES string of the molecule is COC(=O)[C@H]1[C@@H](c2ccc(I)cc2)C[C@@H]2CC[C@@H]1N2CCCO. The number of halogens is 1. The molecule has 2 aliphatic heterocycles. The van der Waals surface area contributed by atoms with Gasteiger partial charge in [0.2, 0.25) is 0 Å². The lowest BCUT2D eigenvalue weighted by atomic mass is 9.76.